The molecule has 1 aromatic heterocycles. The monoisotopic (exact) mass is 197 g/mol. The molecular weight excluding hydrogens is 186 g/mol. The fraction of sp³-hybridized carbons (Fsp3) is 0.154. The summed E-state index contributed by atoms with van der Waals surface area (Å²) in [5.41, 5.74) is 1.82. The van der Waals surface area contributed by atoms with Crippen molar-refractivity contribution in [2.24, 2.45) is 0 Å². The van der Waals surface area contributed by atoms with Crippen LogP contribution in [0.1, 0.15) is 11.5 Å². The summed E-state index contributed by atoms with van der Waals surface area (Å²) in [4.78, 5) is 4.36. The van der Waals surface area contributed by atoms with Gasteiger partial charge in [-0.05, 0) is 19.1 Å². The van der Waals surface area contributed by atoms with E-state index in [0.717, 1.165) is 17.0 Å². The first kappa shape index (κ1) is 9.54. The van der Waals surface area contributed by atoms with Gasteiger partial charge in [0.2, 0.25) is 5.89 Å². The number of oxazole rings is 1. The zero-order valence-corrected chi connectivity index (χ0v) is 8.53. The number of aryl methyl sites for hydroxylation is 1. The second kappa shape index (κ2) is 4.02. The van der Waals surface area contributed by atoms with E-state index in [2.05, 4.69) is 10.9 Å². The number of rotatable bonds is 2. The van der Waals surface area contributed by atoms with E-state index in [1.807, 2.05) is 37.3 Å². The molecule has 0 saturated heterocycles. The summed E-state index contributed by atoms with van der Waals surface area (Å²) >= 11 is 0. The molecule has 15 heavy (non-hydrogen) atoms. The molecule has 74 valence electrons. The zero-order chi connectivity index (χ0) is 10.7. The van der Waals surface area contributed by atoms with Crippen molar-refractivity contribution < 1.29 is 4.42 Å². The quantitative estimate of drug-likeness (QED) is 0.692. The largest absolute Gasteiger partial charge is 0.441 e. The summed E-state index contributed by atoms with van der Waals surface area (Å²) in [7, 11) is 0. The van der Waals surface area contributed by atoms with Crippen molar-refractivity contribution in [3.05, 3.63) is 41.8 Å². The summed E-state index contributed by atoms with van der Waals surface area (Å²) in [5, 5.41) is 0. The Kier molecular flexibility index (Phi) is 2.55. The van der Waals surface area contributed by atoms with E-state index in [1.165, 1.54) is 0 Å². The lowest BCUT2D eigenvalue weighted by Gasteiger charge is -1.91. The molecular formula is C13H11NO. The van der Waals surface area contributed by atoms with Gasteiger partial charge in [-0.1, -0.05) is 18.2 Å². The topological polar surface area (TPSA) is 26.0 Å². The van der Waals surface area contributed by atoms with E-state index in [-0.39, 0.29) is 0 Å². The molecule has 0 fully saturated rings. The van der Waals surface area contributed by atoms with Crippen LogP contribution in [-0.2, 0) is 6.42 Å². The molecule has 0 saturated carbocycles. The minimum absolute atomic E-state index is 0.516. The molecule has 2 heteroatoms. The molecule has 1 aromatic carbocycles. The summed E-state index contributed by atoms with van der Waals surface area (Å²) in [6.07, 6.45) is 5.76. The van der Waals surface area contributed by atoms with Crippen molar-refractivity contribution in [3.8, 4) is 23.8 Å². The standard InChI is InChI=1S/C13H11NO/c1-3-7-12-10(2)15-13(14-12)11-8-5-4-6-9-11/h1,4-6,8-9H,7H2,2H3. The summed E-state index contributed by atoms with van der Waals surface area (Å²) in [6, 6.07) is 9.79. The molecule has 0 aliphatic rings. The maximum atomic E-state index is 5.55. The Morgan fingerprint density at radius 1 is 1.33 bits per heavy atom. The van der Waals surface area contributed by atoms with E-state index in [9.17, 15) is 0 Å². The predicted molar refractivity (Wildman–Crippen MR) is 59.2 cm³/mol. The Labute approximate surface area is 89.0 Å². The van der Waals surface area contributed by atoms with Crippen LogP contribution in [0.3, 0.4) is 0 Å². The Morgan fingerprint density at radius 3 is 2.73 bits per heavy atom. The van der Waals surface area contributed by atoms with Crippen LogP contribution in [-0.4, -0.2) is 4.98 Å². The number of aromatic nitrogens is 1. The van der Waals surface area contributed by atoms with E-state index < -0.39 is 0 Å². The number of hydrogen-bond donors (Lipinski definition) is 0. The van der Waals surface area contributed by atoms with E-state index in [4.69, 9.17) is 10.8 Å². The van der Waals surface area contributed by atoms with Gasteiger partial charge in [0, 0.05) is 5.56 Å². The Balaban J connectivity index is 2.40. The van der Waals surface area contributed by atoms with Gasteiger partial charge in [-0.15, -0.1) is 12.3 Å². The number of benzene rings is 1. The van der Waals surface area contributed by atoms with Gasteiger partial charge in [0.1, 0.15) is 5.76 Å². The van der Waals surface area contributed by atoms with E-state index in [1.54, 1.807) is 0 Å². The number of hydrogen-bond acceptors (Lipinski definition) is 2. The van der Waals surface area contributed by atoms with Crippen molar-refractivity contribution in [1.29, 1.82) is 0 Å². The molecule has 0 unspecified atom stereocenters. The lowest BCUT2D eigenvalue weighted by molar-refractivity contribution is 0.540. The van der Waals surface area contributed by atoms with Crippen LogP contribution in [0.5, 0.6) is 0 Å². The van der Waals surface area contributed by atoms with Gasteiger partial charge >= 0.3 is 0 Å². The van der Waals surface area contributed by atoms with Crippen molar-refractivity contribution in [2.75, 3.05) is 0 Å². The van der Waals surface area contributed by atoms with Crippen molar-refractivity contribution in [1.82, 2.24) is 4.98 Å². The highest BCUT2D eigenvalue weighted by Crippen LogP contribution is 2.21. The molecule has 0 N–H and O–H groups in total. The molecule has 0 atom stereocenters. The van der Waals surface area contributed by atoms with Gasteiger partial charge < -0.3 is 4.42 Å². The highest BCUT2D eigenvalue weighted by Gasteiger charge is 2.09. The van der Waals surface area contributed by atoms with Crippen LogP contribution in [0.15, 0.2) is 34.7 Å². The van der Waals surface area contributed by atoms with Crippen LogP contribution in [0.4, 0.5) is 0 Å². The van der Waals surface area contributed by atoms with Crippen LogP contribution in [0.25, 0.3) is 11.5 Å². The minimum atomic E-state index is 0.516. The number of terminal acetylenes is 1. The van der Waals surface area contributed by atoms with Gasteiger partial charge in [0.05, 0.1) is 12.1 Å². The fourth-order valence-corrected chi connectivity index (χ4v) is 1.39. The molecule has 0 radical (unpaired) electrons. The molecule has 2 rings (SSSR count). The Morgan fingerprint density at radius 2 is 2.07 bits per heavy atom. The average molecular weight is 197 g/mol. The molecule has 2 nitrogen and oxygen atoms in total. The maximum Gasteiger partial charge on any atom is 0.226 e. The molecule has 0 amide bonds. The highest BCUT2D eigenvalue weighted by atomic mass is 16.4. The molecule has 1 heterocycles. The summed E-state index contributed by atoms with van der Waals surface area (Å²) < 4.78 is 5.55. The van der Waals surface area contributed by atoms with Crippen LogP contribution in [0, 0.1) is 19.3 Å². The number of nitrogens with zero attached hydrogens (tertiary/aromatic N) is 1. The molecule has 2 aromatic rings. The predicted octanol–water partition coefficient (Wildman–Crippen LogP) is 2.83. The average Bonchev–Trinajstić information content (AvgIpc) is 2.63. The third kappa shape index (κ3) is 1.92. The van der Waals surface area contributed by atoms with Gasteiger partial charge in [-0.3, -0.25) is 0 Å². The summed E-state index contributed by atoms with van der Waals surface area (Å²) in [6.45, 7) is 1.88. The third-order valence-corrected chi connectivity index (χ3v) is 2.18. The van der Waals surface area contributed by atoms with Gasteiger partial charge in [-0.2, -0.15) is 0 Å². The van der Waals surface area contributed by atoms with Crippen LogP contribution >= 0.6 is 0 Å². The van der Waals surface area contributed by atoms with Crippen LogP contribution < -0.4 is 0 Å². The SMILES string of the molecule is C#CCc1nc(-c2ccccc2)oc1C. The first-order valence-electron chi connectivity index (χ1n) is 4.76. The lowest BCUT2D eigenvalue weighted by Crippen LogP contribution is -1.84. The van der Waals surface area contributed by atoms with Gasteiger partial charge in [-0.25, -0.2) is 4.98 Å². The molecule has 0 bridgehead atoms. The summed E-state index contributed by atoms with van der Waals surface area (Å²) in [5.74, 6) is 4.00. The lowest BCUT2D eigenvalue weighted by atomic mass is 10.2. The Hall–Kier alpha value is -2.01. The molecule has 0 aliphatic carbocycles. The minimum Gasteiger partial charge on any atom is -0.441 e. The highest BCUT2D eigenvalue weighted by molar-refractivity contribution is 5.53. The van der Waals surface area contributed by atoms with Crippen LogP contribution in [0.2, 0.25) is 0 Å². The van der Waals surface area contributed by atoms with Crippen molar-refractivity contribution in [2.45, 2.75) is 13.3 Å². The van der Waals surface area contributed by atoms with E-state index in [0.29, 0.717) is 12.3 Å². The second-order valence-electron chi connectivity index (χ2n) is 3.27. The fourth-order valence-electron chi connectivity index (χ4n) is 1.39. The maximum absolute atomic E-state index is 5.55. The van der Waals surface area contributed by atoms with Crippen molar-refractivity contribution in [3.63, 3.8) is 0 Å². The zero-order valence-electron chi connectivity index (χ0n) is 8.53. The third-order valence-electron chi connectivity index (χ3n) is 2.18. The first-order chi connectivity index (χ1) is 7.31. The molecule has 0 spiro atoms. The first-order valence-corrected chi connectivity index (χ1v) is 4.76. The van der Waals surface area contributed by atoms with Crippen molar-refractivity contribution >= 4 is 0 Å². The Bertz CT molecular complexity index is 491. The molecule has 0 aliphatic heterocycles. The smallest absolute Gasteiger partial charge is 0.226 e. The normalized spacial score (nSPS) is 9.87. The van der Waals surface area contributed by atoms with E-state index >= 15 is 0 Å². The van der Waals surface area contributed by atoms with Gasteiger partial charge in [0.25, 0.3) is 0 Å². The van der Waals surface area contributed by atoms with Gasteiger partial charge in [0.15, 0.2) is 0 Å². The second-order valence-corrected chi connectivity index (χ2v) is 3.27.